The summed E-state index contributed by atoms with van der Waals surface area (Å²) in [5, 5.41) is 8.11. The number of ether oxygens (including phenoxy) is 2. The van der Waals surface area contributed by atoms with Gasteiger partial charge in [0.1, 0.15) is 23.6 Å². The molecule has 0 saturated heterocycles. The summed E-state index contributed by atoms with van der Waals surface area (Å²) < 4.78 is 10.9. The Morgan fingerprint density at radius 2 is 1.97 bits per heavy atom. The fourth-order valence-electron chi connectivity index (χ4n) is 3.40. The molecule has 0 aliphatic heterocycles. The molecule has 0 fully saturated rings. The van der Waals surface area contributed by atoms with Crippen molar-refractivity contribution in [3.05, 3.63) is 46.7 Å². The predicted molar refractivity (Wildman–Crippen MR) is 127 cm³/mol. The van der Waals surface area contributed by atoms with Crippen LogP contribution in [0.4, 0.5) is 11.5 Å². The maximum Gasteiger partial charge on any atom is 0.147 e. The summed E-state index contributed by atoms with van der Waals surface area (Å²) >= 11 is 11.5. The highest BCUT2D eigenvalue weighted by Crippen LogP contribution is 2.38. The van der Waals surface area contributed by atoms with E-state index in [9.17, 15) is 0 Å². The van der Waals surface area contributed by atoms with Gasteiger partial charge >= 0.3 is 0 Å². The normalized spacial score (nSPS) is 10.7. The lowest BCUT2D eigenvalue weighted by molar-refractivity contribution is 0.412. The molecule has 2 aromatic carbocycles. The molecule has 0 bridgehead atoms. The Hall–Kier alpha value is -2.64. The van der Waals surface area contributed by atoms with Gasteiger partial charge in [0.15, 0.2) is 0 Å². The van der Waals surface area contributed by atoms with Crippen LogP contribution in [0.5, 0.6) is 11.5 Å². The fourth-order valence-corrected chi connectivity index (χ4v) is 3.79. The third kappa shape index (κ3) is 4.74. The molecule has 8 heteroatoms. The topological polar surface area (TPSA) is 68.3 Å². The molecule has 0 amide bonds. The van der Waals surface area contributed by atoms with E-state index >= 15 is 0 Å². The molecule has 1 heterocycles. The number of halogens is 1. The highest BCUT2D eigenvalue weighted by Gasteiger charge is 2.18. The number of hydrogen-bond acceptors (Lipinski definition) is 6. The Kier molecular flexibility index (Phi) is 7.29. The molecular formula is C22H25ClN4O2S. The summed E-state index contributed by atoms with van der Waals surface area (Å²) in [4.78, 5) is 9.69. The summed E-state index contributed by atoms with van der Waals surface area (Å²) in [7, 11) is 3.26. The van der Waals surface area contributed by atoms with E-state index in [0.29, 0.717) is 22.3 Å². The summed E-state index contributed by atoms with van der Waals surface area (Å²) in [5.41, 5.74) is 3.73. The van der Waals surface area contributed by atoms with Gasteiger partial charge < -0.3 is 20.1 Å². The third-order valence-corrected chi connectivity index (χ3v) is 5.07. The van der Waals surface area contributed by atoms with Gasteiger partial charge in [0.2, 0.25) is 0 Å². The molecule has 3 aromatic rings. The summed E-state index contributed by atoms with van der Waals surface area (Å²) in [6.45, 7) is 4.52. The van der Waals surface area contributed by atoms with Gasteiger partial charge in [-0.1, -0.05) is 43.2 Å². The van der Waals surface area contributed by atoms with Crippen LogP contribution in [0.1, 0.15) is 31.4 Å². The van der Waals surface area contributed by atoms with Crippen LogP contribution in [0.25, 0.3) is 10.9 Å². The van der Waals surface area contributed by atoms with Crippen LogP contribution in [0, 0.1) is 0 Å². The number of aryl methyl sites for hydroxylation is 1. The van der Waals surface area contributed by atoms with E-state index in [-0.39, 0.29) is 0 Å². The molecule has 30 heavy (non-hydrogen) atoms. The average molecular weight is 445 g/mol. The van der Waals surface area contributed by atoms with Crippen molar-refractivity contribution in [1.82, 2.24) is 9.97 Å². The van der Waals surface area contributed by atoms with Gasteiger partial charge in [0, 0.05) is 17.5 Å². The van der Waals surface area contributed by atoms with Gasteiger partial charge in [0.25, 0.3) is 0 Å². The first-order valence-electron chi connectivity index (χ1n) is 9.66. The molecule has 0 atom stereocenters. The Labute approximate surface area is 187 Å². The molecule has 0 radical (unpaired) electrons. The van der Waals surface area contributed by atoms with Crippen molar-refractivity contribution >= 4 is 51.2 Å². The first-order valence-corrected chi connectivity index (χ1v) is 10.5. The van der Waals surface area contributed by atoms with Crippen LogP contribution in [0.2, 0.25) is 5.02 Å². The Bertz CT molecular complexity index is 1070. The minimum Gasteiger partial charge on any atom is -0.495 e. The number of fused-ring (bicyclic) bond motifs is 1. The first kappa shape index (κ1) is 22.1. The number of nitrogens with one attached hydrogen (secondary N) is 2. The van der Waals surface area contributed by atoms with Crippen LogP contribution in [0.15, 0.2) is 30.6 Å². The van der Waals surface area contributed by atoms with E-state index in [2.05, 4.69) is 27.5 Å². The highest BCUT2D eigenvalue weighted by molar-refractivity contribution is 7.80. The quantitative estimate of drug-likeness (QED) is 0.436. The number of thiocarbonyl (C=S) groups is 1. The fraction of sp³-hybridized carbons (Fsp3) is 0.318. The van der Waals surface area contributed by atoms with Crippen molar-refractivity contribution in [2.24, 2.45) is 0 Å². The van der Waals surface area contributed by atoms with Crippen molar-refractivity contribution in [1.29, 1.82) is 0 Å². The lowest BCUT2D eigenvalue weighted by atomic mass is 10.0. The van der Waals surface area contributed by atoms with E-state index in [0.717, 1.165) is 52.1 Å². The maximum absolute atomic E-state index is 6.25. The molecule has 0 aliphatic carbocycles. The molecule has 158 valence electrons. The Morgan fingerprint density at radius 3 is 2.60 bits per heavy atom. The largest absolute Gasteiger partial charge is 0.495 e. The minimum absolute atomic E-state index is 0.555. The third-order valence-electron chi connectivity index (χ3n) is 4.67. The molecule has 6 nitrogen and oxygen atoms in total. The minimum atomic E-state index is 0.555. The first-order chi connectivity index (χ1) is 14.5. The number of nitrogens with zero attached hydrogens (tertiary/aromatic N) is 2. The molecule has 0 saturated carbocycles. The second kappa shape index (κ2) is 9.91. The molecule has 3 rings (SSSR count). The van der Waals surface area contributed by atoms with Gasteiger partial charge in [-0.3, -0.25) is 0 Å². The maximum atomic E-state index is 6.25. The van der Waals surface area contributed by atoms with Crippen molar-refractivity contribution in [3.63, 3.8) is 0 Å². The number of rotatable bonds is 8. The van der Waals surface area contributed by atoms with Crippen LogP contribution in [-0.2, 0) is 13.0 Å². The molecule has 1 aromatic heterocycles. The summed E-state index contributed by atoms with van der Waals surface area (Å²) in [6.07, 6.45) is 3.36. The van der Waals surface area contributed by atoms with Gasteiger partial charge in [-0.25, -0.2) is 9.97 Å². The van der Waals surface area contributed by atoms with Crippen LogP contribution in [0.3, 0.4) is 0 Å². The summed E-state index contributed by atoms with van der Waals surface area (Å²) in [5.74, 6) is 2.15. The van der Waals surface area contributed by atoms with Gasteiger partial charge in [-0.05, 0) is 37.1 Å². The monoisotopic (exact) mass is 444 g/mol. The number of anilines is 2. The summed E-state index contributed by atoms with van der Waals surface area (Å²) in [6, 6.07) is 7.68. The van der Waals surface area contributed by atoms with E-state index in [1.165, 1.54) is 0 Å². The molecular weight excluding hydrogens is 420 g/mol. The molecule has 2 N–H and O–H groups in total. The van der Waals surface area contributed by atoms with Crippen molar-refractivity contribution in [3.8, 4) is 11.5 Å². The zero-order valence-corrected chi connectivity index (χ0v) is 19.1. The molecule has 0 unspecified atom stereocenters. The SMILES string of the molecule is CCCc1c(OC)c(NC(C)=S)cc2c(NCc3ccc(OC)c(Cl)c3)ncnc12. The Morgan fingerprint density at radius 1 is 1.17 bits per heavy atom. The van der Waals surface area contributed by atoms with Crippen LogP contribution < -0.4 is 20.1 Å². The highest BCUT2D eigenvalue weighted by atomic mass is 35.5. The van der Waals surface area contributed by atoms with E-state index < -0.39 is 0 Å². The van der Waals surface area contributed by atoms with E-state index in [1.807, 2.05) is 31.2 Å². The predicted octanol–water partition coefficient (Wildman–Crippen LogP) is 5.62. The smallest absolute Gasteiger partial charge is 0.147 e. The van der Waals surface area contributed by atoms with Crippen molar-refractivity contribution < 1.29 is 9.47 Å². The Balaban J connectivity index is 2.03. The molecule has 0 spiro atoms. The average Bonchev–Trinajstić information content (AvgIpc) is 2.72. The van der Waals surface area contributed by atoms with E-state index in [1.54, 1.807) is 20.5 Å². The van der Waals surface area contributed by atoms with Gasteiger partial charge in [-0.15, -0.1) is 0 Å². The van der Waals surface area contributed by atoms with Crippen LogP contribution in [-0.4, -0.2) is 29.2 Å². The van der Waals surface area contributed by atoms with Crippen LogP contribution >= 0.6 is 23.8 Å². The second-order valence-corrected chi connectivity index (χ2v) is 7.83. The molecule has 0 aliphatic rings. The number of hydrogen-bond donors (Lipinski definition) is 2. The van der Waals surface area contributed by atoms with E-state index in [4.69, 9.17) is 33.3 Å². The van der Waals surface area contributed by atoms with Gasteiger partial charge in [0.05, 0.1) is 35.4 Å². The number of benzene rings is 2. The zero-order chi connectivity index (χ0) is 21.7. The lowest BCUT2D eigenvalue weighted by Gasteiger charge is -2.18. The number of aromatic nitrogens is 2. The van der Waals surface area contributed by atoms with Crippen molar-refractivity contribution in [2.45, 2.75) is 33.2 Å². The van der Waals surface area contributed by atoms with Crippen molar-refractivity contribution in [2.75, 3.05) is 24.9 Å². The second-order valence-electron chi connectivity index (χ2n) is 6.81. The van der Waals surface area contributed by atoms with Gasteiger partial charge in [-0.2, -0.15) is 0 Å². The number of methoxy groups -OCH3 is 2. The zero-order valence-electron chi connectivity index (χ0n) is 17.5. The standard InChI is InChI=1S/C22H25ClN4O2S/c1-5-6-15-20-16(10-18(21(15)29-4)27-13(2)30)22(26-12-25-20)24-11-14-7-8-19(28-3)17(23)9-14/h7-10,12H,5-6,11H2,1-4H3,(H,27,30)(H,24,25,26). The lowest BCUT2D eigenvalue weighted by Crippen LogP contribution is -2.09.